The van der Waals surface area contributed by atoms with Crippen molar-refractivity contribution in [3.8, 4) is 5.88 Å². The van der Waals surface area contributed by atoms with E-state index in [1.54, 1.807) is 20.0 Å². The second-order valence-electron chi connectivity index (χ2n) is 11.0. The molecule has 2 heterocycles. The lowest BCUT2D eigenvalue weighted by Gasteiger charge is -2.08. The lowest BCUT2D eigenvalue weighted by atomic mass is 10.2. The van der Waals surface area contributed by atoms with Crippen LogP contribution in [0.25, 0.3) is 0 Å². The number of rotatable bonds is 9. The molecule has 0 bridgehead atoms. The van der Waals surface area contributed by atoms with Crippen molar-refractivity contribution >= 4 is 38.7 Å². The van der Waals surface area contributed by atoms with Gasteiger partial charge >= 0.3 is 21.6 Å². The number of esters is 1. The number of H-pyrrole nitrogens is 1. The van der Waals surface area contributed by atoms with Gasteiger partial charge in [0.2, 0.25) is 11.1 Å². The molecule has 0 radical (unpaired) electrons. The summed E-state index contributed by atoms with van der Waals surface area (Å²) in [6, 6.07) is 2.92. The van der Waals surface area contributed by atoms with Gasteiger partial charge in [-0.15, -0.1) is 0 Å². The summed E-state index contributed by atoms with van der Waals surface area (Å²) in [6.07, 6.45) is 8.20. The molecule has 0 aromatic carbocycles. The first kappa shape index (κ1) is 35.3. The van der Waals surface area contributed by atoms with Gasteiger partial charge in [-0.05, 0) is 69.9 Å². The number of nitrogens with zero attached hydrogens (tertiary/aromatic N) is 3. The fourth-order valence-electron chi connectivity index (χ4n) is 3.62. The first-order valence-corrected chi connectivity index (χ1v) is 16.0. The second-order valence-corrected chi connectivity index (χ2v) is 12.9. The fourth-order valence-corrected chi connectivity index (χ4v) is 4.31. The number of aryl methyl sites for hydroxylation is 2. The van der Waals surface area contributed by atoms with Crippen LogP contribution in [0.1, 0.15) is 87.9 Å². The Morgan fingerprint density at radius 2 is 1.57 bits per heavy atom. The van der Waals surface area contributed by atoms with Crippen LogP contribution < -0.4 is 9.74 Å². The summed E-state index contributed by atoms with van der Waals surface area (Å²) in [7, 11) is -2.56. The van der Waals surface area contributed by atoms with E-state index in [1.165, 1.54) is 30.6 Å². The Kier molecular flexibility index (Phi) is 11.9. The summed E-state index contributed by atoms with van der Waals surface area (Å²) in [5, 5.41) is 6.75. The number of hydrogen-bond acceptors (Lipinski definition) is 9. The third-order valence-corrected chi connectivity index (χ3v) is 8.07. The molecular formula is C27H36ClF3N4O8S. The van der Waals surface area contributed by atoms with Crippen LogP contribution in [0, 0.1) is 11.8 Å². The quantitative estimate of drug-likeness (QED) is 0.136. The molecule has 1 N–H and O–H groups in total. The maximum absolute atomic E-state index is 12.1. The minimum Gasteiger partial charge on any atom is -0.466 e. The molecule has 12 nitrogen and oxygen atoms in total. The average molecular weight is 669 g/mol. The molecular weight excluding hydrogens is 633 g/mol. The van der Waals surface area contributed by atoms with Crippen molar-refractivity contribution in [1.82, 2.24) is 19.6 Å². The molecule has 6 rings (SSSR count). The van der Waals surface area contributed by atoms with Crippen LogP contribution in [-0.4, -0.2) is 57.1 Å². The van der Waals surface area contributed by atoms with E-state index in [0.717, 1.165) is 48.9 Å². The molecule has 2 aromatic rings. The summed E-state index contributed by atoms with van der Waals surface area (Å²) in [6.45, 7) is 2.09. The van der Waals surface area contributed by atoms with Crippen LogP contribution >= 0.6 is 11.6 Å². The Morgan fingerprint density at radius 3 is 1.95 bits per heavy atom. The number of hydrogen-bond donors (Lipinski definition) is 1. The summed E-state index contributed by atoms with van der Waals surface area (Å²) < 4.78 is 69.0. The predicted octanol–water partition coefficient (Wildman–Crippen LogP) is 4.20. The van der Waals surface area contributed by atoms with Gasteiger partial charge in [0.25, 0.3) is 5.56 Å². The topological polar surface area (TPSA) is 159 Å². The third-order valence-electron chi connectivity index (χ3n) is 6.81. The lowest BCUT2D eigenvalue weighted by Crippen LogP contribution is -2.28. The summed E-state index contributed by atoms with van der Waals surface area (Å²) in [4.78, 5) is 42.6. The van der Waals surface area contributed by atoms with Crippen molar-refractivity contribution in [3.05, 3.63) is 33.9 Å². The Labute approximate surface area is 257 Å². The van der Waals surface area contributed by atoms with Crippen LogP contribution in [0.3, 0.4) is 0 Å². The number of ether oxygens (including phenoxy) is 1. The fraction of sp³-hybridized carbons (Fsp3) is 0.667. The van der Waals surface area contributed by atoms with E-state index in [4.69, 9.17) is 11.6 Å². The van der Waals surface area contributed by atoms with E-state index < -0.39 is 21.5 Å². The van der Waals surface area contributed by atoms with Crippen LogP contribution in [0.2, 0.25) is 0 Å². The number of aromatic amines is 1. The summed E-state index contributed by atoms with van der Waals surface area (Å²) in [5.41, 5.74) is -3.70. The van der Waals surface area contributed by atoms with Gasteiger partial charge in [-0.25, -0.2) is 4.68 Å². The molecule has 4 aliphatic carbocycles. The Hall–Kier alpha value is -3.14. The van der Waals surface area contributed by atoms with Crippen molar-refractivity contribution < 1.29 is 44.9 Å². The van der Waals surface area contributed by atoms with Crippen molar-refractivity contribution in [2.75, 3.05) is 6.61 Å². The Morgan fingerprint density at radius 1 is 1.00 bits per heavy atom. The highest BCUT2D eigenvalue weighted by molar-refractivity contribution is 7.87. The zero-order valence-corrected chi connectivity index (χ0v) is 26.1. The highest BCUT2D eigenvalue weighted by Crippen LogP contribution is 2.41. The van der Waals surface area contributed by atoms with Gasteiger partial charge in [0.05, 0.1) is 12.3 Å². The van der Waals surface area contributed by atoms with Gasteiger partial charge in [0.1, 0.15) is 12.2 Å². The number of carbonyl (C=O) groups is 3. The predicted molar refractivity (Wildman–Crippen MR) is 151 cm³/mol. The van der Waals surface area contributed by atoms with E-state index in [0.29, 0.717) is 18.2 Å². The molecule has 0 atom stereocenters. The standard InChI is InChI=1S/C8H9F3N2O3S.C8H12O3.C7H10N2O.C4H5ClO/c1-13-7(4-6(12-13)5-2-3-5)16-17(14,15)8(9,10)11;1-2-11-8(10)5-7(9)6-3-4-6;1-9-7(10)4-6(8-9)5-2-3-5;5-4(6)3-1-2-3/h4-5H,2-3H2,1H3;6H,2-5H2,1H3;4-5,8H,2-3H2,1H3;3H,1-2H2. The van der Waals surface area contributed by atoms with Crippen molar-refractivity contribution in [2.24, 2.45) is 25.9 Å². The maximum Gasteiger partial charge on any atom is 0.534 e. The van der Waals surface area contributed by atoms with E-state index >= 15 is 0 Å². The maximum atomic E-state index is 12.1. The monoisotopic (exact) mass is 668 g/mol. The Bertz CT molecular complexity index is 1480. The Balaban J connectivity index is 0.000000170. The zero-order valence-electron chi connectivity index (χ0n) is 24.6. The smallest absolute Gasteiger partial charge is 0.466 e. The zero-order chi connectivity index (χ0) is 32.8. The molecule has 0 saturated heterocycles. The largest absolute Gasteiger partial charge is 0.534 e. The molecule has 0 unspecified atom stereocenters. The molecule has 17 heteroatoms. The van der Waals surface area contributed by atoms with E-state index in [9.17, 15) is 40.8 Å². The van der Waals surface area contributed by atoms with E-state index in [2.05, 4.69) is 19.1 Å². The number of Topliss-reactive ketones (excluding diaryl/α,β-unsaturated/α-hetero) is 1. The van der Waals surface area contributed by atoms with E-state index in [1.807, 2.05) is 0 Å². The number of halogens is 4. The minimum absolute atomic E-state index is 0.0293. The van der Waals surface area contributed by atoms with Crippen molar-refractivity contribution in [3.63, 3.8) is 0 Å². The third kappa shape index (κ3) is 11.4. The first-order chi connectivity index (χ1) is 20.5. The van der Waals surface area contributed by atoms with Crippen LogP contribution in [0.5, 0.6) is 5.88 Å². The lowest BCUT2D eigenvalue weighted by molar-refractivity contribution is -0.145. The van der Waals surface area contributed by atoms with Crippen molar-refractivity contribution in [2.45, 2.75) is 82.1 Å². The van der Waals surface area contributed by atoms with Crippen LogP contribution in [0.15, 0.2) is 16.9 Å². The normalized spacial score (nSPS) is 17.5. The molecule has 2 aromatic heterocycles. The number of aromatic nitrogens is 4. The minimum atomic E-state index is -5.63. The molecule has 4 aliphatic rings. The highest BCUT2D eigenvalue weighted by Gasteiger charge is 2.49. The number of carbonyl (C=O) groups excluding carboxylic acids is 3. The van der Waals surface area contributed by atoms with Gasteiger partial charge < -0.3 is 8.92 Å². The summed E-state index contributed by atoms with van der Waals surface area (Å²) >= 11 is 5.04. The molecule has 4 saturated carbocycles. The van der Waals surface area contributed by atoms with Gasteiger partial charge in [-0.2, -0.15) is 26.7 Å². The van der Waals surface area contributed by atoms with Crippen LogP contribution in [0.4, 0.5) is 13.2 Å². The van der Waals surface area contributed by atoms with Gasteiger partial charge in [-0.1, -0.05) is 0 Å². The number of ketones is 1. The SMILES string of the molecule is CCOC(=O)CC(=O)C1CC1.Cn1[nH]c(C2CC2)cc1=O.Cn1nc(C2CC2)cc1OS(=O)(=O)C(F)(F)F.O=C(Cl)C1CC1. The first-order valence-electron chi connectivity index (χ1n) is 14.2. The second kappa shape index (κ2) is 14.8. The molecule has 4 fully saturated rings. The van der Waals surface area contributed by atoms with Gasteiger partial charge in [0.15, 0.2) is 0 Å². The molecule has 0 aliphatic heterocycles. The molecule has 0 amide bonds. The number of nitrogens with one attached hydrogen (secondary N) is 1. The average Bonchev–Trinajstić information content (AvgIpc) is 3.75. The highest BCUT2D eigenvalue weighted by atomic mass is 35.5. The molecule has 44 heavy (non-hydrogen) atoms. The number of alkyl halides is 3. The van der Waals surface area contributed by atoms with Gasteiger partial charge in [-0.3, -0.25) is 29.0 Å². The van der Waals surface area contributed by atoms with Crippen LogP contribution in [-0.2, 0) is 43.3 Å². The molecule has 246 valence electrons. The van der Waals surface area contributed by atoms with Gasteiger partial charge in [0, 0.05) is 55.6 Å². The molecule has 0 spiro atoms. The van der Waals surface area contributed by atoms with Crippen molar-refractivity contribution in [1.29, 1.82) is 0 Å². The van der Waals surface area contributed by atoms with E-state index in [-0.39, 0.29) is 46.7 Å². The summed E-state index contributed by atoms with van der Waals surface area (Å²) in [5.74, 6) is 0.476.